The average molecular weight is 523 g/mol. The third-order valence-corrected chi connectivity index (χ3v) is 5.21. The predicted molar refractivity (Wildman–Crippen MR) is 141 cm³/mol. The Morgan fingerprint density at radius 3 is 0.735 bits per heavy atom. The van der Waals surface area contributed by atoms with Crippen molar-refractivity contribution in [3.05, 3.63) is 0 Å². The van der Waals surface area contributed by atoms with Crippen molar-refractivity contribution in [3.63, 3.8) is 0 Å². The Bertz CT molecular complexity index is 351. The minimum Gasteiger partial charge on any atom is -0.759 e. The van der Waals surface area contributed by atoms with E-state index in [0.717, 1.165) is 13.1 Å². The highest BCUT2D eigenvalue weighted by Crippen LogP contribution is 2.10. The van der Waals surface area contributed by atoms with Gasteiger partial charge in [0.25, 0.3) is 0 Å². The van der Waals surface area contributed by atoms with Crippen LogP contribution in [0.3, 0.4) is 0 Å². The van der Waals surface area contributed by atoms with Crippen LogP contribution in [-0.2, 0) is 10.4 Å². The van der Waals surface area contributed by atoms with Crippen molar-refractivity contribution in [1.29, 1.82) is 0 Å². The van der Waals surface area contributed by atoms with Gasteiger partial charge in [0, 0.05) is 10.4 Å². The molecule has 0 unspecified atom stereocenters. The van der Waals surface area contributed by atoms with Gasteiger partial charge in [-0.2, -0.15) is 0 Å². The second-order valence-corrected chi connectivity index (χ2v) is 9.30. The summed E-state index contributed by atoms with van der Waals surface area (Å²) in [5.41, 5.74) is 7.71. The van der Waals surface area contributed by atoms with Crippen LogP contribution >= 0.6 is 0 Å². The smallest absolute Gasteiger partial charge is 0.0739 e. The Balaban J connectivity index is -0.0000000897. The lowest BCUT2D eigenvalue weighted by Gasteiger charge is -2.06. The van der Waals surface area contributed by atoms with Gasteiger partial charge in [0.15, 0.2) is 0 Å². The molecule has 12 N–H and O–H groups in total. The van der Waals surface area contributed by atoms with Gasteiger partial charge in [-0.3, -0.25) is 8.42 Å². The van der Waals surface area contributed by atoms with Crippen molar-refractivity contribution >= 4 is 10.4 Å². The third-order valence-electron chi connectivity index (χ3n) is 5.21. The minimum absolute atomic E-state index is 0. The van der Waals surface area contributed by atoms with Crippen LogP contribution in [0.15, 0.2) is 0 Å². The quantitative estimate of drug-likeness (QED) is 0.139. The summed E-state index contributed by atoms with van der Waals surface area (Å²) in [5.74, 6) is 0. The lowest BCUT2D eigenvalue weighted by molar-refractivity contribution is -0.368. The summed E-state index contributed by atoms with van der Waals surface area (Å²) < 4.78 is 34.1. The highest BCUT2D eigenvalue weighted by Gasteiger charge is 1.92. The first-order valence-corrected chi connectivity index (χ1v) is 14.4. The molecule has 0 aromatic heterocycles. The van der Waals surface area contributed by atoms with Crippen molar-refractivity contribution in [2.45, 2.75) is 142 Å². The summed E-state index contributed by atoms with van der Waals surface area (Å²) in [5, 5.41) is 0. The van der Waals surface area contributed by atoms with E-state index in [9.17, 15) is 0 Å². The van der Waals surface area contributed by atoms with Crippen molar-refractivity contribution in [1.82, 2.24) is 0 Å². The van der Waals surface area contributed by atoms with E-state index in [4.69, 9.17) is 17.5 Å². The van der Waals surface area contributed by atoms with Crippen molar-refractivity contribution in [2.75, 3.05) is 13.1 Å². The number of hydrogen-bond acceptors (Lipinski definition) is 4. The van der Waals surface area contributed by atoms with Gasteiger partial charge in [0.05, 0.1) is 13.1 Å². The number of hydrogen-bond donors (Lipinski definition) is 2. The maximum atomic E-state index is 8.52. The van der Waals surface area contributed by atoms with E-state index < -0.39 is 10.4 Å². The van der Waals surface area contributed by atoms with Gasteiger partial charge < -0.3 is 37.0 Å². The van der Waals surface area contributed by atoms with E-state index in [0.29, 0.717) is 0 Å². The summed E-state index contributed by atoms with van der Waals surface area (Å²) in [6, 6.07) is 0. The van der Waals surface area contributed by atoms with Gasteiger partial charge in [0.1, 0.15) is 0 Å². The molecule has 9 nitrogen and oxygen atoms in total. The van der Waals surface area contributed by atoms with E-state index in [1.807, 2.05) is 0 Å². The standard InChI is InChI=1S/2C12H27N.H2O4S.3H2O/c2*1-2-3-4-5-6-7-8-9-10-11-12-13;1-5(2,3)4;;;/h2*2-13H2,1H3;(H2,1,2,3,4);3*1H2. The molecule has 0 aliphatic rings. The van der Waals surface area contributed by atoms with Crippen LogP contribution in [0.5, 0.6) is 0 Å². The van der Waals surface area contributed by atoms with E-state index >= 15 is 0 Å². The molecule has 0 radical (unpaired) electrons. The SMILES string of the molecule is CCCCCCCCCCCC[NH3+].CCCCCCCCCCCC[NH3+].O.O.O.O=S(=O)([O-])[O-]. The molecule has 34 heavy (non-hydrogen) atoms. The van der Waals surface area contributed by atoms with Crippen molar-refractivity contribution in [2.24, 2.45) is 0 Å². The molecule has 0 saturated carbocycles. The van der Waals surface area contributed by atoms with Crippen LogP contribution in [-0.4, -0.2) is 47.0 Å². The molecule has 216 valence electrons. The Hall–Kier alpha value is -0.330. The lowest BCUT2D eigenvalue weighted by Crippen LogP contribution is -2.50. The fourth-order valence-electron chi connectivity index (χ4n) is 3.33. The fraction of sp³-hybridized carbons (Fsp3) is 1.00. The molecule has 0 aliphatic heterocycles. The Labute approximate surface area is 211 Å². The van der Waals surface area contributed by atoms with Crippen LogP contribution in [0.1, 0.15) is 142 Å². The van der Waals surface area contributed by atoms with E-state index in [1.54, 1.807) is 0 Å². The maximum Gasteiger partial charge on any atom is 0.0739 e. The van der Waals surface area contributed by atoms with Gasteiger partial charge >= 0.3 is 0 Å². The average Bonchev–Trinajstić information content (AvgIpc) is 2.71. The van der Waals surface area contributed by atoms with E-state index in [2.05, 4.69) is 25.3 Å². The molecule has 0 aromatic carbocycles. The van der Waals surface area contributed by atoms with Gasteiger partial charge in [-0.25, -0.2) is 0 Å². The molecule has 0 saturated heterocycles. The van der Waals surface area contributed by atoms with Gasteiger partial charge in [-0.15, -0.1) is 0 Å². The Kier molecular flexibility index (Phi) is 59.1. The van der Waals surface area contributed by atoms with E-state index in [1.165, 1.54) is 128 Å². The fourth-order valence-corrected chi connectivity index (χ4v) is 3.33. The third kappa shape index (κ3) is 77.0. The zero-order valence-electron chi connectivity index (χ0n) is 22.5. The molecule has 0 rings (SSSR count). The maximum absolute atomic E-state index is 8.52. The predicted octanol–water partition coefficient (Wildman–Crippen LogP) is 2.49. The number of unbranched alkanes of at least 4 members (excludes halogenated alkanes) is 18. The Morgan fingerprint density at radius 2 is 0.588 bits per heavy atom. The second kappa shape index (κ2) is 42.8. The van der Waals surface area contributed by atoms with Crippen molar-refractivity contribution < 1.29 is 45.4 Å². The molecule has 0 spiro atoms. The number of rotatable bonds is 20. The van der Waals surface area contributed by atoms with E-state index in [-0.39, 0.29) is 16.4 Å². The first-order chi connectivity index (χ1) is 14.8. The summed E-state index contributed by atoms with van der Waals surface area (Å²) in [7, 11) is -5.17. The topological polar surface area (TPSA) is 230 Å². The zero-order chi connectivity index (χ0) is 24.1. The zero-order valence-corrected chi connectivity index (χ0v) is 23.3. The summed E-state index contributed by atoms with van der Waals surface area (Å²) in [6.07, 6.45) is 28.5. The molecule has 0 aliphatic carbocycles. The first kappa shape index (κ1) is 46.9. The molecule has 10 heteroatoms. The summed E-state index contributed by atoms with van der Waals surface area (Å²) in [4.78, 5) is 0. The van der Waals surface area contributed by atoms with Crippen LogP contribution in [0, 0.1) is 0 Å². The normalized spacial score (nSPS) is 9.82. The van der Waals surface area contributed by atoms with Gasteiger partial charge in [0.2, 0.25) is 0 Å². The largest absolute Gasteiger partial charge is 0.759 e. The molecule has 0 bridgehead atoms. The highest BCUT2D eigenvalue weighted by atomic mass is 32.3. The second-order valence-electron chi connectivity index (χ2n) is 8.48. The molecule has 0 amide bonds. The number of quaternary nitrogens is 2. The van der Waals surface area contributed by atoms with Crippen LogP contribution in [0.25, 0.3) is 0 Å². The summed E-state index contributed by atoms with van der Waals surface area (Å²) >= 11 is 0. The molecule has 0 aromatic rings. The molecular formula is C24H62N2O7S. The molecular weight excluding hydrogens is 460 g/mol. The van der Waals surface area contributed by atoms with Crippen LogP contribution in [0.2, 0.25) is 0 Å². The molecule has 0 heterocycles. The minimum atomic E-state index is -5.17. The first-order valence-electron chi connectivity index (χ1n) is 13.1. The monoisotopic (exact) mass is 522 g/mol. The lowest BCUT2D eigenvalue weighted by atomic mass is 10.1. The van der Waals surface area contributed by atoms with Crippen LogP contribution in [0.4, 0.5) is 0 Å². The highest BCUT2D eigenvalue weighted by molar-refractivity contribution is 7.79. The van der Waals surface area contributed by atoms with Gasteiger partial charge in [-0.05, 0) is 25.7 Å². The molecule has 0 atom stereocenters. The molecule has 0 fully saturated rings. The van der Waals surface area contributed by atoms with Gasteiger partial charge in [-0.1, -0.05) is 117 Å². The van der Waals surface area contributed by atoms with Crippen LogP contribution < -0.4 is 11.5 Å². The van der Waals surface area contributed by atoms with Crippen molar-refractivity contribution in [3.8, 4) is 0 Å². The summed E-state index contributed by atoms with van der Waals surface area (Å²) in [6.45, 7) is 6.80. The Morgan fingerprint density at radius 1 is 0.441 bits per heavy atom.